The number of hydrogen-bond acceptors (Lipinski definition) is 6. The van der Waals surface area contributed by atoms with E-state index in [-0.39, 0.29) is 11.1 Å². The molecule has 0 atom stereocenters. The SMILES string of the molecule is COCCCN1C(=O)S/C(=C/c2cc(C)n(-c3cc(C(=O)OC)ccc3C)c2C)C1=O. The molecule has 2 amide bonds. The number of benzene rings is 1. The summed E-state index contributed by atoms with van der Waals surface area (Å²) in [6.07, 6.45) is 2.37. The molecule has 7 nitrogen and oxygen atoms in total. The topological polar surface area (TPSA) is 77.8 Å². The van der Waals surface area contributed by atoms with E-state index in [1.165, 1.54) is 12.0 Å². The number of amides is 2. The van der Waals surface area contributed by atoms with Gasteiger partial charge in [-0.1, -0.05) is 6.07 Å². The summed E-state index contributed by atoms with van der Waals surface area (Å²) < 4.78 is 11.9. The largest absolute Gasteiger partial charge is 0.465 e. The van der Waals surface area contributed by atoms with Gasteiger partial charge in [-0.3, -0.25) is 14.5 Å². The first kappa shape index (κ1) is 22.8. The van der Waals surface area contributed by atoms with Gasteiger partial charge in [-0.2, -0.15) is 0 Å². The number of aryl methyl sites for hydroxylation is 2. The molecule has 1 aromatic carbocycles. The number of nitrogens with zero attached hydrogens (tertiary/aromatic N) is 2. The first-order valence-electron chi connectivity index (χ1n) is 9.91. The standard InChI is InChI=1S/C23H26N2O5S/c1-14-7-8-17(22(27)30-5)12-19(14)25-15(2)11-18(16(25)3)13-20-21(26)24(23(28)31-20)9-6-10-29-4/h7-8,11-13H,6,9-10H2,1-5H3/b20-13+. The minimum Gasteiger partial charge on any atom is -0.465 e. The molecule has 0 saturated carbocycles. The Morgan fingerprint density at radius 1 is 1.13 bits per heavy atom. The molecule has 1 aliphatic rings. The van der Waals surface area contributed by atoms with Gasteiger partial charge >= 0.3 is 5.97 Å². The van der Waals surface area contributed by atoms with Gasteiger partial charge in [-0.15, -0.1) is 0 Å². The van der Waals surface area contributed by atoms with Gasteiger partial charge in [0, 0.05) is 37.3 Å². The maximum Gasteiger partial charge on any atom is 0.337 e. The lowest BCUT2D eigenvalue weighted by atomic mass is 10.1. The van der Waals surface area contributed by atoms with Crippen LogP contribution in [0.2, 0.25) is 0 Å². The number of rotatable bonds is 7. The Morgan fingerprint density at radius 2 is 1.87 bits per heavy atom. The van der Waals surface area contributed by atoms with Crippen LogP contribution >= 0.6 is 11.8 Å². The van der Waals surface area contributed by atoms with Crippen molar-refractivity contribution in [3.8, 4) is 5.69 Å². The van der Waals surface area contributed by atoms with Crippen molar-refractivity contribution in [1.29, 1.82) is 0 Å². The van der Waals surface area contributed by atoms with Gasteiger partial charge in [0.15, 0.2) is 0 Å². The molecule has 2 aromatic rings. The third-order valence-corrected chi connectivity index (χ3v) is 6.14. The van der Waals surface area contributed by atoms with Crippen LogP contribution in [0.1, 0.15) is 39.3 Å². The number of esters is 1. The molecule has 0 unspecified atom stereocenters. The predicted molar refractivity (Wildman–Crippen MR) is 120 cm³/mol. The van der Waals surface area contributed by atoms with Crippen LogP contribution in [0, 0.1) is 20.8 Å². The van der Waals surface area contributed by atoms with E-state index in [4.69, 9.17) is 9.47 Å². The van der Waals surface area contributed by atoms with E-state index in [0.717, 1.165) is 40.0 Å². The van der Waals surface area contributed by atoms with Crippen molar-refractivity contribution in [2.75, 3.05) is 27.4 Å². The lowest BCUT2D eigenvalue weighted by Crippen LogP contribution is -2.29. The van der Waals surface area contributed by atoms with E-state index in [0.29, 0.717) is 30.0 Å². The van der Waals surface area contributed by atoms with Crippen molar-refractivity contribution in [2.45, 2.75) is 27.2 Å². The van der Waals surface area contributed by atoms with E-state index in [1.807, 2.05) is 37.5 Å². The molecule has 1 aromatic heterocycles. The predicted octanol–water partition coefficient (Wildman–Crippen LogP) is 4.26. The quantitative estimate of drug-likeness (QED) is 0.362. The second kappa shape index (κ2) is 9.53. The second-order valence-corrected chi connectivity index (χ2v) is 8.33. The molecule has 2 heterocycles. The first-order valence-corrected chi connectivity index (χ1v) is 10.7. The summed E-state index contributed by atoms with van der Waals surface area (Å²) in [4.78, 5) is 38.6. The molecule has 0 radical (unpaired) electrons. The summed E-state index contributed by atoms with van der Waals surface area (Å²) >= 11 is 0.954. The van der Waals surface area contributed by atoms with Crippen LogP contribution in [0.4, 0.5) is 4.79 Å². The summed E-state index contributed by atoms with van der Waals surface area (Å²) in [5, 5.41) is -0.261. The molecule has 31 heavy (non-hydrogen) atoms. The van der Waals surface area contributed by atoms with Crippen LogP contribution in [0.3, 0.4) is 0 Å². The molecule has 1 aliphatic heterocycles. The number of aromatic nitrogens is 1. The van der Waals surface area contributed by atoms with Gasteiger partial charge in [-0.05, 0) is 74.4 Å². The van der Waals surface area contributed by atoms with Crippen LogP contribution < -0.4 is 0 Å². The zero-order chi connectivity index (χ0) is 22.7. The number of imide groups is 1. The number of thioether (sulfide) groups is 1. The average molecular weight is 443 g/mol. The maximum absolute atomic E-state index is 12.7. The van der Waals surface area contributed by atoms with Crippen molar-refractivity contribution in [3.05, 3.63) is 57.2 Å². The van der Waals surface area contributed by atoms with Crippen molar-refractivity contribution in [3.63, 3.8) is 0 Å². The van der Waals surface area contributed by atoms with Crippen LogP contribution in [0.25, 0.3) is 11.8 Å². The van der Waals surface area contributed by atoms with Crippen molar-refractivity contribution in [1.82, 2.24) is 9.47 Å². The van der Waals surface area contributed by atoms with E-state index >= 15 is 0 Å². The maximum atomic E-state index is 12.7. The molecule has 3 rings (SSSR count). The van der Waals surface area contributed by atoms with Crippen molar-refractivity contribution in [2.24, 2.45) is 0 Å². The van der Waals surface area contributed by atoms with E-state index in [1.54, 1.807) is 25.3 Å². The summed E-state index contributed by atoms with van der Waals surface area (Å²) in [6.45, 7) is 6.72. The monoisotopic (exact) mass is 442 g/mol. The number of methoxy groups -OCH3 is 2. The highest BCUT2D eigenvalue weighted by molar-refractivity contribution is 8.18. The zero-order valence-corrected chi connectivity index (χ0v) is 19.2. The normalized spacial score (nSPS) is 15.3. The molecule has 1 saturated heterocycles. The Bertz CT molecular complexity index is 1070. The summed E-state index contributed by atoms with van der Waals surface area (Å²) in [5.41, 5.74) is 5.05. The highest BCUT2D eigenvalue weighted by Gasteiger charge is 2.34. The fraction of sp³-hybridized carbons (Fsp3) is 0.348. The smallest absolute Gasteiger partial charge is 0.337 e. The molecule has 8 heteroatoms. The second-order valence-electron chi connectivity index (χ2n) is 7.33. The van der Waals surface area contributed by atoms with Gasteiger partial charge in [0.25, 0.3) is 11.1 Å². The molecule has 0 spiro atoms. The number of hydrogen-bond donors (Lipinski definition) is 0. The third kappa shape index (κ3) is 4.60. The number of carbonyl (C=O) groups excluding carboxylic acids is 3. The van der Waals surface area contributed by atoms with Crippen LogP contribution in [0.15, 0.2) is 29.2 Å². The van der Waals surface area contributed by atoms with Gasteiger partial charge in [0.05, 0.1) is 17.6 Å². The Labute approximate surface area is 186 Å². The number of carbonyl (C=O) groups is 3. The van der Waals surface area contributed by atoms with Gasteiger partial charge in [-0.25, -0.2) is 4.79 Å². The number of ether oxygens (including phenoxy) is 2. The highest BCUT2D eigenvalue weighted by atomic mass is 32.2. The molecular weight excluding hydrogens is 416 g/mol. The molecule has 0 bridgehead atoms. The average Bonchev–Trinajstić information content (AvgIpc) is 3.17. The third-order valence-electron chi connectivity index (χ3n) is 5.23. The summed E-state index contributed by atoms with van der Waals surface area (Å²) in [5.74, 6) is -0.675. The van der Waals surface area contributed by atoms with E-state index in [2.05, 4.69) is 0 Å². The lowest BCUT2D eigenvalue weighted by molar-refractivity contribution is -0.122. The zero-order valence-electron chi connectivity index (χ0n) is 18.4. The minimum absolute atomic E-state index is 0.261. The van der Waals surface area contributed by atoms with Gasteiger partial charge in [0.1, 0.15) is 0 Å². The summed E-state index contributed by atoms with van der Waals surface area (Å²) in [7, 11) is 2.94. The molecule has 0 aliphatic carbocycles. The van der Waals surface area contributed by atoms with Crippen molar-refractivity contribution < 1.29 is 23.9 Å². The highest BCUT2D eigenvalue weighted by Crippen LogP contribution is 2.34. The van der Waals surface area contributed by atoms with Gasteiger partial charge < -0.3 is 14.0 Å². The Hall–Kier alpha value is -2.84. The van der Waals surface area contributed by atoms with Crippen LogP contribution in [0.5, 0.6) is 0 Å². The molecular formula is C23H26N2O5S. The Morgan fingerprint density at radius 3 is 2.55 bits per heavy atom. The molecule has 164 valence electrons. The van der Waals surface area contributed by atoms with Crippen LogP contribution in [-0.4, -0.2) is 54.0 Å². The first-order chi connectivity index (χ1) is 14.8. The molecule has 0 N–H and O–H groups in total. The van der Waals surface area contributed by atoms with Gasteiger partial charge in [0.2, 0.25) is 0 Å². The fourth-order valence-electron chi connectivity index (χ4n) is 3.60. The van der Waals surface area contributed by atoms with Crippen molar-refractivity contribution >= 4 is 35.0 Å². The Balaban J connectivity index is 1.95. The summed E-state index contributed by atoms with van der Waals surface area (Å²) in [6, 6.07) is 7.39. The lowest BCUT2D eigenvalue weighted by Gasteiger charge is -2.14. The molecule has 1 fully saturated rings. The van der Waals surface area contributed by atoms with Crippen LogP contribution in [-0.2, 0) is 14.3 Å². The Kier molecular flexibility index (Phi) is 7.02. The fourth-order valence-corrected chi connectivity index (χ4v) is 4.46. The minimum atomic E-state index is -0.397. The van der Waals surface area contributed by atoms with E-state index < -0.39 is 5.97 Å². The van der Waals surface area contributed by atoms with E-state index in [9.17, 15) is 14.4 Å².